The van der Waals surface area contributed by atoms with Crippen molar-refractivity contribution in [1.29, 1.82) is 0 Å². The molecule has 0 bridgehead atoms. The Balaban J connectivity index is 3.12. The predicted octanol–water partition coefficient (Wildman–Crippen LogP) is 4.40. The molecule has 17 heavy (non-hydrogen) atoms. The maximum atomic E-state index is 11.8. The van der Waals surface area contributed by atoms with Gasteiger partial charge in [0.2, 0.25) is 0 Å². The molecule has 0 saturated carbocycles. The van der Waals surface area contributed by atoms with E-state index in [1.165, 1.54) is 19.3 Å². The number of rotatable bonds is 12. The number of esters is 1. The predicted molar refractivity (Wildman–Crippen MR) is 72.3 cm³/mol. The fraction of sp³-hybridized carbons (Fsp3) is 0.923. The van der Waals surface area contributed by atoms with E-state index in [4.69, 9.17) is 4.74 Å². The Bertz CT molecular complexity index is 177. The minimum absolute atomic E-state index is 0.106. The summed E-state index contributed by atoms with van der Waals surface area (Å²) >= 11 is 3.39. The van der Waals surface area contributed by atoms with E-state index < -0.39 is 0 Å². The lowest BCUT2D eigenvalue weighted by Gasteiger charge is -2.04. The van der Waals surface area contributed by atoms with Crippen LogP contribution in [0.5, 0.6) is 0 Å². The monoisotopic (exact) mass is 310 g/mol. The van der Waals surface area contributed by atoms with Gasteiger partial charge in [-0.05, 0) is 32.1 Å². The molecular formula is C13H24BrFO2. The Kier molecular flexibility index (Phi) is 13.8. The fourth-order valence-corrected chi connectivity index (χ4v) is 1.92. The highest BCUT2D eigenvalue weighted by atomic mass is 79.9. The molecule has 0 aromatic carbocycles. The van der Waals surface area contributed by atoms with E-state index in [1.807, 2.05) is 0 Å². The number of ether oxygens (including phenoxy) is 1. The van der Waals surface area contributed by atoms with Crippen LogP contribution in [0.25, 0.3) is 0 Å². The summed E-state index contributed by atoms with van der Waals surface area (Å²) in [5, 5.41) is 1.06. The normalized spacial score (nSPS) is 10.5. The van der Waals surface area contributed by atoms with E-state index in [0.29, 0.717) is 19.4 Å². The molecule has 0 aromatic heterocycles. The number of hydrogen-bond acceptors (Lipinski definition) is 2. The number of carbonyl (C=O) groups excluding carboxylic acids is 1. The summed E-state index contributed by atoms with van der Waals surface area (Å²) in [6.45, 7) is 0.171. The molecule has 0 atom stereocenters. The molecule has 0 aliphatic rings. The molecule has 0 heterocycles. The van der Waals surface area contributed by atoms with Gasteiger partial charge in [0.05, 0.1) is 13.3 Å². The molecule has 0 N–H and O–H groups in total. The lowest BCUT2D eigenvalue weighted by atomic mass is 10.1. The quantitative estimate of drug-likeness (QED) is 0.303. The molecule has 4 heteroatoms. The topological polar surface area (TPSA) is 26.3 Å². The molecule has 0 unspecified atom stereocenters. The molecule has 0 rings (SSSR count). The Hall–Kier alpha value is -0.120. The summed E-state index contributed by atoms with van der Waals surface area (Å²) in [4.78, 5) is 11.3. The second-order valence-corrected chi connectivity index (χ2v) is 4.97. The van der Waals surface area contributed by atoms with Crippen LogP contribution >= 0.6 is 15.9 Å². The van der Waals surface area contributed by atoms with Crippen molar-refractivity contribution in [2.24, 2.45) is 0 Å². The maximum absolute atomic E-state index is 11.8. The first-order chi connectivity index (χ1) is 8.31. The van der Waals surface area contributed by atoms with E-state index in [2.05, 4.69) is 15.9 Å². The van der Waals surface area contributed by atoms with Crippen LogP contribution in [0, 0.1) is 0 Å². The van der Waals surface area contributed by atoms with Gasteiger partial charge in [-0.15, -0.1) is 0 Å². The van der Waals surface area contributed by atoms with Gasteiger partial charge in [0.25, 0.3) is 0 Å². The second-order valence-electron chi connectivity index (χ2n) is 4.18. The van der Waals surface area contributed by atoms with E-state index in [9.17, 15) is 9.18 Å². The minimum Gasteiger partial charge on any atom is -0.466 e. The zero-order valence-corrected chi connectivity index (χ0v) is 12.1. The summed E-state index contributed by atoms with van der Waals surface area (Å²) < 4.78 is 16.8. The molecule has 0 fully saturated rings. The SMILES string of the molecule is O=C(CCCCCCCBr)OCCCCCF. The minimum atomic E-state index is -0.275. The van der Waals surface area contributed by atoms with Crippen molar-refractivity contribution in [2.75, 3.05) is 18.6 Å². The van der Waals surface area contributed by atoms with Gasteiger partial charge < -0.3 is 4.74 Å². The van der Waals surface area contributed by atoms with Gasteiger partial charge in [-0.2, -0.15) is 0 Å². The summed E-state index contributed by atoms with van der Waals surface area (Å²) in [7, 11) is 0. The number of unbranched alkanes of at least 4 members (excludes halogenated alkanes) is 6. The number of hydrogen-bond donors (Lipinski definition) is 0. The zero-order chi connectivity index (χ0) is 12.8. The van der Waals surface area contributed by atoms with E-state index >= 15 is 0 Å². The molecule has 0 aliphatic carbocycles. The van der Waals surface area contributed by atoms with E-state index in [0.717, 1.165) is 31.0 Å². The molecule has 102 valence electrons. The molecule has 0 aliphatic heterocycles. The van der Waals surface area contributed by atoms with Crippen molar-refractivity contribution in [3.63, 3.8) is 0 Å². The average Bonchev–Trinajstić information content (AvgIpc) is 2.33. The highest BCUT2D eigenvalue weighted by molar-refractivity contribution is 9.09. The highest BCUT2D eigenvalue weighted by Crippen LogP contribution is 2.07. The molecule has 0 saturated heterocycles. The van der Waals surface area contributed by atoms with Crippen molar-refractivity contribution in [3.8, 4) is 0 Å². The van der Waals surface area contributed by atoms with Gasteiger partial charge in [-0.1, -0.05) is 35.2 Å². The first-order valence-corrected chi connectivity index (χ1v) is 7.71. The van der Waals surface area contributed by atoms with Crippen molar-refractivity contribution >= 4 is 21.9 Å². The van der Waals surface area contributed by atoms with Gasteiger partial charge >= 0.3 is 5.97 Å². The third-order valence-electron chi connectivity index (χ3n) is 2.56. The van der Waals surface area contributed by atoms with Gasteiger partial charge in [0.1, 0.15) is 0 Å². The van der Waals surface area contributed by atoms with Gasteiger partial charge in [-0.3, -0.25) is 9.18 Å². The van der Waals surface area contributed by atoms with Crippen molar-refractivity contribution in [1.82, 2.24) is 0 Å². The lowest BCUT2D eigenvalue weighted by Crippen LogP contribution is -2.05. The first-order valence-electron chi connectivity index (χ1n) is 6.58. The largest absolute Gasteiger partial charge is 0.466 e. The van der Waals surface area contributed by atoms with Crippen LogP contribution in [0.1, 0.15) is 57.8 Å². The molecular weight excluding hydrogens is 287 g/mol. The van der Waals surface area contributed by atoms with Crippen molar-refractivity contribution in [2.45, 2.75) is 57.8 Å². The number of alkyl halides is 2. The van der Waals surface area contributed by atoms with E-state index in [1.54, 1.807) is 0 Å². The summed E-state index contributed by atoms with van der Waals surface area (Å²) in [6, 6.07) is 0. The lowest BCUT2D eigenvalue weighted by molar-refractivity contribution is -0.143. The van der Waals surface area contributed by atoms with Gasteiger partial charge in [-0.25, -0.2) is 0 Å². The van der Waals surface area contributed by atoms with Crippen LogP contribution in [-0.2, 0) is 9.53 Å². The van der Waals surface area contributed by atoms with Gasteiger partial charge in [0, 0.05) is 11.8 Å². The zero-order valence-electron chi connectivity index (χ0n) is 10.6. The summed E-state index contributed by atoms with van der Waals surface area (Å²) in [5.74, 6) is -0.106. The Morgan fingerprint density at radius 3 is 2.29 bits per heavy atom. The Morgan fingerprint density at radius 1 is 0.941 bits per heavy atom. The Labute approximate surface area is 112 Å². The second kappa shape index (κ2) is 13.9. The van der Waals surface area contributed by atoms with Crippen molar-refractivity contribution in [3.05, 3.63) is 0 Å². The van der Waals surface area contributed by atoms with Crippen LogP contribution in [-0.4, -0.2) is 24.6 Å². The molecule has 0 amide bonds. The average molecular weight is 311 g/mol. The van der Waals surface area contributed by atoms with Crippen LogP contribution < -0.4 is 0 Å². The third-order valence-corrected chi connectivity index (χ3v) is 3.12. The maximum Gasteiger partial charge on any atom is 0.305 e. The van der Waals surface area contributed by atoms with Crippen LogP contribution in [0.2, 0.25) is 0 Å². The van der Waals surface area contributed by atoms with Crippen LogP contribution in [0.3, 0.4) is 0 Å². The van der Waals surface area contributed by atoms with Gasteiger partial charge in [0.15, 0.2) is 0 Å². The fourth-order valence-electron chi connectivity index (χ4n) is 1.53. The first kappa shape index (κ1) is 16.9. The Morgan fingerprint density at radius 2 is 1.59 bits per heavy atom. The highest BCUT2D eigenvalue weighted by Gasteiger charge is 2.02. The third kappa shape index (κ3) is 13.8. The van der Waals surface area contributed by atoms with Crippen LogP contribution in [0.15, 0.2) is 0 Å². The van der Waals surface area contributed by atoms with Crippen molar-refractivity contribution < 1.29 is 13.9 Å². The van der Waals surface area contributed by atoms with Crippen LogP contribution in [0.4, 0.5) is 4.39 Å². The summed E-state index contributed by atoms with van der Waals surface area (Å²) in [6.07, 6.45) is 8.33. The van der Waals surface area contributed by atoms with E-state index in [-0.39, 0.29) is 12.6 Å². The smallest absolute Gasteiger partial charge is 0.305 e. The number of halogens is 2. The molecule has 0 aromatic rings. The summed E-state index contributed by atoms with van der Waals surface area (Å²) in [5.41, 5.74) is 0. The molecule has 0 radical (unpaired) electrons. The number of carbonyl (C=O) groups is 1. The standard InChI is InChI=1S/C13H24BrFO2/c14-10-6-3-1-2-5-9-13(16)17-12-8-4-7-11-15/h1-12H2. The molecule has 2 nitrogen and oxygen atoms in total. The molecule has 0 spiro atoms.